The second-order valence-corrected chi connectivity index (χ2v) is 4.01. The third kappa shape index (κ3) is 5.04. The third-order valence-corrected chi connectivity index (χ3v) is 2.21. The second kappa shape index (κ2) is 6.69. The molecule has 0 saturated heterocycles. The maximum atomic E-state index is 11.2. The van der Waals surface area contributed by atoms with Crippen LogP contribution in [0.4, 0.5) is 0 Å². The average molecular weight is 293 g/mol. The smallest absolute Gasteiger partial charge is 0.257 e. The maximum absolute atomic E-state index is 11.2. The van der Waals surface area contributed by atoms with Crippen LogP contribution in [-0.2, 0) is 4.79 Å². The number of hydrogen-bond acceptors (Lipinski definition) is 2. The van der Waals surface area contributed by atoms with Crippen molar-refractivity contribution in [3.8, 4) is 5.75 Å². The van der Waals surface area contributed by atoms with Crippen LogP contribution in [0.2, 0.25) is 5.02 Å². The summed E-state index contributed by atoms with van der Waals surface area (Å²) in [4.78, 5) is 11.2. The van der Waals surface area contributed by atoms with E-state index in [9.17, 15) is 4.79 Å². The van der Waals surface area contributed by atoms with Crippen LogP contribution < -0.4 is 10.1 Å². The van der Waals surface area contributed by atoms with E-state index in [4.69, 9.17) is 16.3 Å². The Morgan fingerprint density at radius 2 is 2.33 bits per heavy atom. The fourth-order valence-corrected chi connectivity index (χ4v) is 1.32. The van der Waals surface area contributed by atoms with Gasteiger partial charge < -0.3 is 10.1 Å². The van der Waals surface area contributed by atoms with Gasteiger partial charge in [-0.1, -0.05) is 33.6 Å². The zero-order valence-electron chi connectivity index (χ0n) is 8.00. The Labute approximate surface area is 102 Å². The zero-order valence-corrected chi connectivity index (χ0v) is 10.3. The highest BCUT2D eigenvalue weighted by atomic mass is 79.9. The van der Waals surface area contributed by atoms with Crippen molar-refractivity contribution >= 4 is 33.4 Å². The fourth-order valence-electron chi connectivity index (χ4n) is 0.943. The minimum Gasteiger partial charge on any atom is -0.484 e. The lowest BCUT2D eigenvalue weighted by Crippen LogP contribution is -2.30. The third-order valence-electron chi connectivity index (χ3n) is 1.58. The van der Waals surface area contributed by atoms with Gasteiger partial charge in [0, 0.05) is 16.9 Å². The Morgan fingerprint density at radius 1 is 1.53 bits per heavy atom. The van der Waals surface area contributed by atoms with Crippen LogP contribution in [0.5, 0.6) is 5.75 Å². The van der Waals surface area contributed by atoms with Gasteiger partial charge in [0.25, 0.3) is 5.91 Å². The molecular weight excluding hydrogens is 281 g/mol. The van der Waals surface area contributed by atoms with Crippen molar-refractivity contribution in [1.82, 2.24) is 5.32 Å². The minimum atomic E-state index is -0.144. The van der Waals surface area contributed by atoms with Gasteiger partial charge in [-0.2, -0.15) is 0 Å². The number of amides is 1. The van der Waals surface area contributed by atoms with Crippen molar-refractivity contribution in [2.45, 2.75) is 0 Å². The van der Waals surface area contributed by atoms with E-state index in [-0.39, 0.29) is 12.5 Å². The first-order valence-corrected chi connectivity index (χ1v) is 5.93. The monoisotopic (exact) mass is 291 g/mol. The summed E-state index contributed by atoms with van der Waals surface area (Å²) in [5, 5.41) is 4.00. The topological polar surface area (TPSA) is 38.3 Å². The molecule has 0 spiro atoms. The Kier molecular flexibility index (Phi) is 5.50. The summed E-state index contributed by atoms with van der Waals surface area (Å²) in [5.41, 5.74) is 0. The first-order valence-electron chi connectivity index (χ1n) is 4.43. The summed E-state index contributed by atoms with van der Waals surface area (Å²) in [7, 11) is 0. The normalized spacial score (nSPS) is 9.73. The van der Waals surface area contributed by atoms with Crippen molar-refractivity contribution in [1.29, 1.82) is 0 Å². The van der Waals surface area contributed by atoms with Crippen LogP contribution in [0.3, 0.4) is 0 Å². The molecule has 5 heteroatoms. The highest BCUT2D eigenvalue weighted by Gasteiger charge is 2.01. The molecule has 1 aromatic rings. The molecule has 0 bridgehead atoms. The average Bonchev–Trinajstić information content (AvgIpc) is 2.23. The summed E-state index contributed by atoms with van der Waals surface area (Å²) < 4.78 is 5.23. The van der Waals surface area contributed by atoms with E-state index in [0.29, 0.717) is 17.3 Å². The van der Waals surface area contributed by atoms with Crippen LogP contribution >= 0.6 is 27.5 Å². The highest BCUT2D eigenvalue weighted by molar-refractivity contribution is 9.09. The Balaban J connectivity index is 2.33. The van der Waals surface area contributed by atoms with Crippen LogP contribution in [-0.4, -0.2) is 24.4 Å². The number of rotatable bonds is 5. The molecule has 0 aromatic heterocycles. The van der Waals surface area contributed by atoms with Crippen molar-refractivity contribution in [2.75, 3.05) is 18.5 Å². The minimum absolute atomic E-state index is 0.00728. The number of hydrogen-bond donors (Lipinski definition) is 1. The summed E-state index contributed by atoms with van der Waals surface area (Å²) in [6.07, 6.45) is 0. The summed E-state index contributed by atoms with van der Waals surface area (Å²) in [5.74, 6) is 0.450. The van der Waals surface area contributed by atoms with E-state index in [1.165, 1.54) is 0 Å². The molecule has 15 heavy (non-hydrogen) atoms. The molecule has 0 aliphatic rings. The molecule has 0 fully saturated rings. The van der Waals surface area contributed by atoms with Gasteiger partial charge >= 0.3 is 0 Å². The van der Waals surface area contributed by atoms with Crippen LogP contribution in [0, 0.1) is 0 Å². The predicted octanol–water partition coefficient (Wildman–Crippen LogP) is 2.23. The Bertz CT molecular complexity index is 333. The number of ether oxygens (including phenoxy) is 1. The molecule has 0 aliphatic carbocycles. The van der Waals surface area contributed by atoms with Crippen molar-refractivity contribution < 1.29 is 9.53 Å². The molecule has 0 saturated carbocycles. The number of carbonyl (C=O) groups excluding carboxylic acids is 1. The number of alkyl halides is 1. The van der Waals surface area contributed by atoms with Gasteiger partial charge in [-0.3, -0.25) is 4.79 Å². The molecular formula is C10H11BrClNO2. The number of nitrogens with one attached hydrogen (secondary N) is 1. The second-order valence-electron chi connectivity index (χ2n) is 2.78. The van der Waals surface area contributed by atoms with E-state index < -0.39 is 0 Å². The van der Waals surface area contributed by atoms with Crippen LogP contribution in [0.25, 0.3) is 0 Å². The summed E-state index contributed by atoms with van der Waals surface area (Å²) >= 11 is 8.97. The Morgan fingerprint density at radius 3 is 3.00 bits per heavy atom. The Hall–Kier alpha value is -0.740. The van der Waals surface area contributed by atoms with Gasteiger partial charge in [0.05, 0.1) is 0 Å². The first-order chi connectivity index (χ1) is 7.22. The molecule has 3 nitrogen and oxygen atoms in total. The summed E-state index contributed by atoms with van der Waals surface area (Å²) in [6.45, 7) is 0.602. The van der Waals surface area contributed by atoms with Crippen LogP contribution in [0.1, 0.15) is 0 Å². The molecule has 1 amide bonds. The molecule has 1 aromatic carbocycles. The van der Waals surface area contributed by atoms with Gasteiger partial charge in [0.2, 0.25) is 0 Å². The maximum Gasteiger partial charge on any atom is 0.257 e. The quantitative estimate of drug-likeness (QED) is 0.845. The molecule has 0 aliphatic heterocycles. The number of halogens is 2. The van der Waals surface area contributed by atoms with Gasteiger partial charge in [0.1, 0.15) is 5.75 Å². The molecule has 0 atom stereocenters. The van der Waals surface area contributed by atoms with Gasteiger partial charge in [-0.25, -0.2) is 0 Å². The van der Waals surface area contributed by atoms with Crippen LogP contribution in [0.15, 0.2) is 24.3 Å². The summed E-state index contributed by atoms with van der Waals surface area (Å²) in [6, 6.07) is 6.94. The van der Waals surface area contributed by atoms with Crippen molar-refractivity contribution in [2.24, 2.45) is 0 Å². The number of carbonyl (C=O) groups is 1. The van der Waals surface area contributed by atoms with Gasteiger partial charge in [-0.05, 0) is 18.2 Å². The predicted molar refractivity (Wildman–Crippen MR) is 63.8 cm³/mol. The first kappa shape index (κ1) is 12.3. The lowest BCUT2D eigenvalue weighted by atomic mass is 10.3. The van der Waals surface area contributed by atoms with Gasteiger partial charge in [-0.15, -0.1) is 0 Å². The van der Waals surface area contributed by atoms with E-state index in [1.54, 1.807) is 24.3 Å². The molecule has 82 valence electrons. The van der Waals surface area contributed by atoms with Gasteiger partial charge in [0.15, 0.2) is 6.61 Å². The van der Waals surface area contributed by atoms with E-state index in [1.807, 2.05) is 0 Å². The molecule has 1 N–H and O–H groups in total. The lowest BCUT2D eigenvalue weighted by molar-refractivity contribution is -0.122. The highest BCUT2D eigenvalue weighted by Crippen LogP contribution is 2.16. The molecule has 1 rings (SSSR count). The van der Waals surface area contributed by atoms with E-state index in [0.717, 1.165) is 5.33 Å². The van der Waals surface area contributed by atoms with E-state index >= 15 is 0 Å². The van der Waals surface area contributed by atoms with E-state index in [2.05, 4.69) is 21.2 Å². The zero-order chi connectivity index (χ0) is 11.1. The van der Waals surface area contributed by atoms with Crippen molar-refractivity contribution in [3.63, 3.8) is 0 Å². The van der Waals surface area contributed by atoms with Crippen molar-refractivity contribution in [3.05, 3.63) is 29.3 Å². The number of benzene rings is 1. The fraction of sp³-hybridized carbons (Fsp3) is 0.300. The SMILES string of the molecule is O=C(COc1cccc(Cl)c1)NCCBr. The molecule has 0 radical (unpaired) electrons. The lowest BCUT2D eigenvalue weighted by Gasteiger charge is -2.06. The molecule has 0 heterocycles. The largest absolute Gasteiger partial charge is 0.484 e. The molecule has 0 unspecified atom stereocenters. The standard InChI is InChI=1S/C10H11BrClNO2/c11-4-5-13-10(14)7-15-9-3-1-2-8(12)6-9/h1-3,6H,4-5,7H2,(H,13,14).